The summed E-state index contributed by atoms with van der Waals surface area (Å²) in [6.07, 6.45) is 2.68. The largest absolute Gasteiger partial charge is 0.619 e. The van der Waals surface area contributed by atoms with E-state index in [0.29, 0.717) is 21.9 Å². The molecule has 1 aromatic heterocycles. The van der Waals surface area contributed by atoms with Gasteiger partial charge in [-0.15, -0.1) is 0 Å². The molecular formula is C9H11ClN2O2. The molecular weight excluding hydrogens is 204 g/mol. The predicted octanol–water partition coefficient (Wildman–Crippen LogP) is 0.952. The van der Waals surface area contributed by atoms with Crippen LogP contribution in [0.4, 0.5) is 0 Å². The van der Waals surface area contributed by atoms with Crippen molar-refractivity contribution >= 4 is 17.5 Å². The molecule has 5 heteroatoms. The first-order valence-corrected chi connectivity index (χ1v) is 4.47. The minimum atomic E-state index is -0.0673. The van der Waals surface area contributed by atoms with Crippen molar-refractivity contribution < 1.29 is 9.52 Å². The number of carbonyl (C=O) groups is 1. The van der Waals surface area contributed by atoms with Gasteiger partial charge in [0.25, 0.3) is 0 Å². The van der Waals surface area contributed by atoms with E-state index in [9.17, 15) is 10.0 Å². The predicted molar refractivity (Wildman–Crippen MR) is 52.6 cm³/mol. The summed E-state index contributed by atoms with van der Waals surface area (Å²) in [5, 5.41) is 11.4. The molecule has 0 N–H and O–H groups in total. The first kappa shape index (κ1) is 10.8. The summed E-state index contributed by atoms with van der Waals surface area (Å²) in [5.41, 5.74) is 0.641. The normalized spacial score (nSPS) is 9.93. The number of amides is 1. The fourth-order valence-electron chi connectivity index (χ4n) is 0.987. The Morgan fingerprint density at radius 2 is 2.36 bits per heavy atom. The quantitative estimate of drug-likeness (QED) is 0.544. The lowest BCUT2D eigenvalue weighted by Crippen LogP contribution is -2.28. The second-order valence-corrected chi connectivity index (χ2v) is 3.46. The number of hydrogen-bond donors (Lipinski definition) is 0. The number of rotatable bonds is 2. The summed E-state index contributed by atoms with van der Waals surface area (Å²) in [5.74, 6) is -0.0673. The lowest BCUT2D eigenvalue weighted by molar-refractivity contribution is -0.605. The van der Waals surface area contributed by atoms with Gasteiger partial charge in [0.2, 0.25) is 5.91 Å². The van der Waals surface area contributed by atoms with Gasteiger partial charge in [0.15, 0.2) is 12.4 Å². The molecule has 0 aromatic carbocycles. The van der Waals surface area contributed by atoms with Crippen molar-refractivity contribution in [3.63, 3.8) is 0 Å². The Kier molecular flexibility index (Phi) is 3.30. The average molecular weight is 215 g/mol. The Hall–Kier alpha value is -1.29. The third-order valence-electron chi connectivity index (χ3n) is 1.90. The third kappa shape index (κ3) is 2.60. The number of nitrogens with zero attached hydrogens (tertiary/aromatic N) is 2. The fourth-order valence-corrected chi connectivity index (χ4v) is 1.15. The lowest BCUT2D eigenvalue weighted by Gasteiger charge is -2.14. The zero-order chi connectivity index (χ0) is 10.7. The Labute approximate surface area is 87.3 Å². The molecule has 1 rings (SSSR count). The van der Waals surface area contributed by atoms with Crippen LogP contribution in [0.5, 0.6) is 0 Å². The van der Waals surface area contributed by atoms with E-state index in [0.717, 1.165) is 0 Å². The summed E-state index contributed by atoms with van der Waals surface area (Å²) in [6, 6.07) is 1.51. The van der Waals surface area contributed by atoms with E-state index in [1.807, 2.05) is 0 Å². The second kappa shape index (κ2) is 4.28. The van der Waals surface area contributed by atoms with Crippen LogP contribution in [0.2, 0.25) is 5.02 Å². The van der Waals surface area contributed by atoms with Crippen LogP contribution < -0.4 is 4.73 Å². The molecule has 0 radical (unpaired) electrons. The molecule has 14 heavy (non-hydrogen) atoms. The standard InChI is InChI=1S/C9H11ClN2O2/c1-7(13)11(2)5-8-6-12(14)4-3-9(8)10/h3-4,6H,5H2,1-2H3. The van der Waals surface area contributed by atoms with E-state index in [1.54, 1.807) is 7.05 Å². The first-order chi connectivity index (χ1) is 6.50. The number of carbonyl (C=O) groups excluding carboxylic acids is 1. The highest BCUT2D eigenvalue weighted by Gasteiger charge is 2.09. The van der Waals surface area contributed by atoms with Gasteiger partial charge >= 0.3 is 0 Å². The van der Waals surface area contributed by atoms with Gasteiger partial charge < -0.3 is 10.1 Å². The summed E-state index contributed by atoms with van der Waals surface area (Å²) in [4.78, 5) is 12.4. The molecule has 1 amide bonds. The molecule has 0 spiro atoms. The van der Waals surface area contributed by atoms with E-state index in [4.69, 9.17) is 11.6 Å². The highest BCUT2D eigenvalue weighted by Crippen LogP contribution is 2.14. The van der Waals surface area contributed by atoms with Gasteiger partial charge in [-0.2, -0.15) is 4.73 Å². The van der Waals surface area contributed by atoms with Crippen LogP contribution >= 0.6 is 11.6 Å². The molecule has 0 atom stereocenters. The highest BCUT2D eigenvalue weighted by molar-refractivity contribution is 6.31. The fraction of sp³-hybridized carbons (Fsp3) is 0.333. The molecule has 0 bridgehead atoms. The molecule has 0 saturated heterocycles. The molecule has 0 aliphatic rings. The summed E-state index contributed by atoms with van der Waals surface area (Å²) >= 11 is 5.85. The Morgan fingerprint density at radius 3 is 2.93 bits per heavy atom. The van der Waals surface area contributed by atoms with Gasteiger partial charge in [0.05, 0.1) is 17.1 Å². The van der Waals surface area contributed by atoms with E-state index >= 15 is 0 Å². The summed E-state index contributed by atoms with van der Waals surface area (Å²) in [6.45, 7) is 1.80. The summed E-state index contributed by atoms with van der Waals surface area (Å²) in [7, 11) is 1.65. The van der Waals surface area contributed by atoms with Crippen LogP contribution in [0.25, 0.3) is 0 Å². The highest BCUT2D eigenvalue weighted by atomic mass is 35.5. The summed E-state index contributed by atoms with van der Waals surface area (Å²) < 4.78 is 0.662. The zero-order valence-electron chi connectivity index (χ0n) is 8.03. The average Bonchev–Trinajstić information content (AvgIpc) is 2.11. The van der Waals surface area contributed by atoms with Gasteiger partial charge in [0.1, 0.15) is 0 Å². The van der Waals surface area contributed by atoms with Gasteiger partial charge in [-0.25, -0.2) is 0 Å². The first-order valence-electron chi connectivity index (χ1n) is 4.09. The van der Waals surface area contributed by atoms with Crippen molar-refractivity contribution in [1.82, 2.24) is 4.90 Å². The lowest BCUT2D eigenvalue weighted by atomic mass is 10.2. The molecule has 0 aliphatic carbocycles. The monoisotopic (exact) mass is 214 g/mol. The molecule has 76 valence electrons. The van der Waals surface area contributed by atoms with E-state index < -0.39 is 0 Å². The van der Waals surface area contributed by atoms with Crippen LogP contribution in [-0.4, -0.2) is 17.9 Å². The Morgan fingerprint density at radius 1 is 1.71 bits per heavy atom. The van der Waals surface area contributed by atoms with Crippen LogP contribution in [-0.2, 0) is 11.3 Å². The van der Waals surface area contributed by atoms with Crippen molar-refractivity contribution in [2.45, 2.75) is 13.5 Å². The maximum absolute atomic E-state index is 10.9. The molecule has 0 fully saturated rings. The van der Waals surface area contributed by atoms with Crippen LogP contribution in [0.3, 0.4) is 0 Å². The van der Waals surface area contributed by atoms with Gasteiger partial charge in [-0.3, -0.25) is 4.79 Å². The maximum Gasteiger partial charge on any atom is 0.219 e. The molecule has 1 aromatic rings. The SMILES string of the molecule is CC(=O)N(C)Cc1c[n+]([O-])ccc1Cl. The van der Waals surface area contributed by atoms with Gasteiger partial charge in [-0.1, -0.05) is 11.6 Å². The molecule has 4 nitrogen and oxygen atoms in total. The maximum atomic E-state index is 10.9. The van der Waals surface area contributed by atoms with Crippen molar-refractivity contribution in [1.29, 1.82) is 0 Å². The minimum absolute atomic E-state index is 0.0673. The Bertz CT molecular complexity index is 355. The van der Waals surface area contributed by atoms with Crippen molar-refractivity contribution in [2.75, 3.05) is 7.05 Å². The molecule has 0 aliphatic heterocycles. The number of hydrogen-bond acceptors (Lipinski definition) is 2. The van der Waals surface area contributed by atoms with E-state index in [1.165, 1.54) is 30.3 Å². The Balaban J connectivity index is 2.85. The van der Waals surface area contributed by atoms with E-state index in [-0.39, 0.29) is 5.91 Å². The van der Waals surface area contributed by atoms with Crippen molar-refractivity contribution in [3.05, 3.63) is 34.3 Å². The van der Waals surface area contributed by atoms with Gasteiger partial charge in [-0.05, 0) is 0 Å². The smallest absolute Gasteiger partial charge is 0.219 e. The zero-order valence-corrected chi connectivity index (χ0v) is 8.78. The third-order valence-corrected chi connectivity index (χ3v) is 2.27. The minimum Gasteiger partial charge on any atom is -0.619 e. The van der Waals surface area contributed by atoms with Crippen molar-refractivity contribution in [3.8, 4) is 0 Å². The molecule has 0 unspecified atom stereocenters. The topological polar surface area (TPSA) is 47.2 Å². The second-order valence-electron chi connectivity index (χ2n) is 3.05. The van der Waals surface area contributed by atoms with Crippen molar-refractivity contribution in [2.24, 2.45) is 0 Å². The molecule has 1 heterocycles. The number of aromatic nitrogens is 1. The van der Waals surface area contributed by atoms with Crippen LogP contribution in [0.15, 0.2) is 18.5 Å². The molecule has 0 saturated carbocycles. The number of pyridine rings is 1. The van der Waals surface area contributed by atoms with Gasteiger partial charge in [0, 0.05) is 20.0 Å². The van der Waals surface area contributed by atoms with Crippen LogP contribution in [0.1, 0.15) is 12.5 Å². The van der Waals surface area contributed by atoms with E-state index in [2.05, 4.69) is 0 Å². The van der Waals surface area contributed by atoms with Crippen LogP contribution in [0, 0.1) is 5.21 Å². The number of halogens is 1.